The number of anilines is 1. The maximum Gasteiger partial charge on any atom is 0.276 e. The van der Waals surface area contributed by atoms with Gasteiger partial charge in [0.1, 0.15) is 0 Å². The van der Waals surface area contributed by atoms with Crippen LogP contribution in [0.1, 0.15) is 10.5 Å². The zero-order chi connectivity index (χ0) is 18.2. The highest BCUT2D eigenvalue weighted by molar-refractivity contribution is 5.94. The third-order valence-corrected chi connectivity index (χ3v) is 4.70. The van der Waals surface area contributed by atoms with Crippen molar-refractivity contribution >= 4 is 11.6 Å². The molecule has 136 valence electrons. The van der Waals surface area contributed by atoms with E-state index in [-0.39, 0.29) is 18.7 Å². The van der Waals surface area contributed by atoms with Crippen molar-refractivity contribution in [1.82, 2.24) is 10.1 Å². The molecule has 0 atom stereocenters. The van der Waals surface area contributed by atoms with Gasteiger partial charge in [0.05, 0.1) is 6.04 Å². The predicted octanol–water partition coefficient (Wildman–Crippen LogP) is 3.01. The fraction of sp³-hybridized carbons (Fsp3) is 0.200. The van der Waals surface area contributed by atoms with Crippen molar-refractivity contribution < 1.29 is 18.8 Å². The van der Waals surface area contributed by atoms with Gasteiger partial charge < -0.3 is 24.2 Å². The first-order chi connectivity index (χ1) is 13.3. The van der Waals surface area contributed by atoms with E-state index in [2.05, 4.69) is 10.5 Å². The zero-order valence-electron chi connectivity index (χ0n) is 14.4. The summed E-state index contributed by atoms with van der Waals surface area (Å²) < 4.78 is 16.0. The average Bonchev–Trinajstić information content (AvgIpc) is 3.33. The van der Waals surface area contributed by atoms with Gasteiger partial charge in [-0.25, -0.2) is 0 Å². The first-order valence-electron chi connectivity index (χ1n) is 8.74. The maximum atomic E-state index is 12.6. The number of hydrogen-bond acceptors (Lipinski definition) is 6. The minimum absolute atomic E-state index is 0.128. The normalized spacial score (nSPS) is 15.5. The number of nitrogens with zero attached hydrogens (tertiary/aromatic N) is 2. The molecular weight excluding hydrogens is 346 g/mol. The highest BCUT2D eigenvalue weighted by Crippen LogP contribution is 2.36. The summed E-state index contributed by atoms with van der Waals surface area (Å²) in [5.74, 6) is 1.76. The van der Waals surface area contributed by atoms with Gasteiger partial charge in [0.25, 0.3) is 5.91 Å². The van der Waals surface area contributed by atoms with Crippen LogP contribution >= 0.6 is 0 Å². The number of fused-ring (bicyclic) bond motifs is 1. The van der Waals surface area contributed by atoms with Crippen LogP contribution in [-0.2, 0) is 0 Å². The fourth-order valence-corrected chi connectivity index (χ4v) is 3.23. The molecule has 7 nitrogen and oxygen atoms in total. The van der Waals surface area contributed by atoms with Crippen LogP contribution in [0.3, 0.4) is 0 Å². The lowest BCUT2D eigenvalue weighted by Crippen LogP contribution is -2.57. The molecule has 5 rings (SSSR count). The van der Waals surface area contributed by atoms with Gasteiger partial charge in [-0.3, -0.25) is 4.79 Å². The minimum Gasteiger partial charge on any atom is -0.454 e. The molecule has 2 aromatic carbocycles. The molecule has 1 fully saturated rings. The third kappa shape index (κ3) is 2.97. The molecule has 0 saturated carbocycles. The van der Waals surface area contributed by atoms with Crippen LogP contribution in [0.4, 0.5) is 5.69 Å². The zero-order valence-corrected chi connectivity index (χ0v) is 14.4. The van der Waals surface area contributed by atoms with Crippen molar-refractivity contribution in [3.05, 3.63) is 60.3 Å². The summed E-state index contributed by atoms with van der Waals surface area (Å²) in [6.07, 6.45) is 0. The number of benzene rings is 2. The van der Waals surface area contributed by atoms with E-state index in [1.807, 2.05) is 48.5 Å². The number of carbonyl (C=O) groups is 1. The molecule has 27 heavy (non-hydrogen) atoms. The van der Waals surface area contributed by atoms with Gasteiger partial charge in [0.2, 0.25) is 6.79 Å². The average molecular weight is 363 g/mol. The van der Waals surface area contributed by atoms with Crippen LogP contribution in [-0.4, -0.2) is 41.9 Å². The van der Waals surface area contributed by atoms with E-state index in [0.29, 0.717) is 36.0 Å². The molecule has 0 unspecified atom stereocenters. The van der Waals surface area contributed by atoms with Gasteiger partial charge in [-0.1, -0.05) is 23.4 Å². The Hall–Kier alpha value is -3.48. The standard InChI is InChI=1S/C20H17N3O4/c24-20(23-10-15(11-23)21-14-4-2-1-3-5-14)16-9-18(27-22-16)13-6-7-17-19(8-13)26-12-25-17/h1-9,15,21H,10-12H2. The molecule has 3 heterocycles. The second kappa shape index (κ2) is 6.35. The summed E-state index contributed by atoms with van der Waals surface area (Å²) in [7, 11) is 0. The summed E-state index contributed by atoms with van der Waals surface area (Å²) in [6.45, 7) is 1.49. The largest absolute Gasteiger partial charge is 0.454 e. The highest BCUT2D eigenvalue weighted by Gasteiger charge is 2.32. The van der Waals surface area contributed by atoms with Crippen LogP contribution in [0.15, 0.2) is 59.1 Å². The third-order valence-electron chi connectivity index (χ3n) is 4.70. The number of amides is 1. The number of para-hydroxylation sites is 1. The van der Waals surface area contributed by atoms with Gasteiger partial charge in [-0.15, -0.1) is 0 Å². The number of likely N-dealkylation sites (tertiary alicyclic amines) is 1. The Balaban J connectivity index is 1.23. The molecule has 2 aliphatic heterocycles. The van der Waals surface area contributed by atoms with Gasteiger partial charge in [-0.2, -0.15) is 0 Å². The Bertz CT molecular complexity index is 980. The highest BCUT2D eigenvalue weighted by atomic mass is 16.7. The van der Waals surface area contributed by atoms with Crippen LogP contribution < -0.4 is 14.8 Å². The minimum atomic E-state index is -0.128. The Morgan fingerprint density at radius 1 is 1.04 bits per heavy atom. The van der Waals surface area contributed by atoms with E-state index >= 15 is 0 Å². The molecule has 2 aliphatic rings. The van der Waals surface area contributed by atoms with E-state index in [9.17, 15) is 4.79 Å². The van der Waals surface area contributed by atoms with Crippen LogP contribution in [0.25, 0.3) is 11.3 Å². The Kier molecular flexibility index (Phi) is 3.71. The van der Waals surface area contributed by atoms with Crippen molar-refractivity contribution in [3.63, 3.8) is 0 Å². The summed E-state index contributed by atoms with van der Waals surface area (Å²) in [5, 5.41) is 7.35. The number of ether oxygens (including phenoxy) is 2. The Labute approximate surface area is 155 Å². The smallest absolute Gasteiger partial charge is 0.276 e. The van der Waals surface area contributed by atoms with E-state index in [0.717, 1.165) is 11.3 Å². The van der Waals surface area contributed by atoms with Gasteiger partial charge in [-0.05, 0) is 30.3 Å². The summed E-state index contributed by atoms with van der Waals surface area (Å²) in [6, 6.07) is 17.4. The van der Waals surface area contributed by atoms with Crippen molar-refractivity contribution in [2.75, 3.05) is 25.2 Å². The predicted molar refractivity (Wildman–Crippen MR) is 97.8 cm³/mol. The molecule has 1 saturated heterocycles. The first-order valence-corrected chi connectivity index (χ1v) is 8.74. The van der Waals surface area contributed by atoms with Gasteiger partial charge >= 0.3 is 0 Å². The van der Waals surface area contributed by atoms with Crippen molar-refractivity contribution in [1.29, 1.82) is 0 Å². The van der Waals surface area contributed by atoms with Crippen LogP contribution in [0, 0.1) is 0 Å². The summed E-state index contributed by atoms with van der Waals surface area (Å²) in [5.41, 5.74) is 2.15. The monoisotopic (exact) mass is 363 g/mol. The van der Waals surface area contributed by atoms with Gasteiger partial charge in [0.15, 0.2) is 23.0 Å². The first kappa shape index (κ1) is 15.7. The second-order valence-corrected chi connectivity index (χ2v) is 6.56. The van der Waals surface area contributed by atoms with Crippen molar-refractivity contribution in [2.45, 2.75) is 6.04 Å². The molecule has 0 spiro atoms. The summed E-state index contributed by atoms with van der Waals surface area (Å²) in [4.78, 5) is 14.3. The summed E-state index contributed by atoms with van der Waals surface area (Å²) >= 11 is 0. The lowest BCUT2D eigenvalue weighted by Gasteiger charge is -2.39. The number of carbonyl (C=O) groups excluding carboxylic acids is 1. The molecular formula is C20H17N3O4. The second-order valence-electron chi connectivity index (χ2n) is 6.56. The molecule has 1 N–H and O–H groups in total. The number of hydrogen-bond donors (Lipinski definition) is 1. The molecule has 0 aliphatic carbocycles. The topological polar surface area (TPSA) is 76.8 Å². The van der Waals surface area contributed by atoms with Crippen LogP contribution in [0.2, 0.25) is 0 Å². The lowest BCUT2D eigenvalue weighted by atomic mass is 10.1. The molecule has 0 bridgehead atoms. The fourth-order valence-electron chi connectivity index (χ4n) is 3.23. The molecule has 3 aromatic rings. The Morgan fingerprint density at radius 2 is 1.85 bits per heavy atom. The molecule has 7 heteroatoms. The Morgan fingerprint density at radius 3 is 2.70 bits per heavy atom. The van der Waals surface area contributed by atoms with E-state index in [1.165, 1.54) is 0 Å². The van der Waals surface area contributed by atoms with Crippen molar-refractivity contribution in [2.24, 2.45) is 0 Å². The number of rotatable bonds is 4. The number of nitrogens with one attached hydrogen (secondary N) is 1. The maximum absolute atomic E-state index is 12.6. The quantitative estimate of drug-likeness (QED) is 0.768. The van der Waals surface area contributed by atoms with Crippen LogP contribution in [0.5, 0.6) is 11.5 Å². The van der Waals surface area contributed by atoms with Gasteiger partial charge in [0, 0.05) is 30.4 Å². The van der Waals surface area contributed by atoms with E-state index in [1.54, 1.807) is 11.0 Å². The van der Waals surface area contributed by atoms with Crippen molar-refractivity contribution in [3.8, 4) is 22.8 Å². The number of aromatic nitrogens is 1. The van der Waals surface area contributed by atoms with E-state index in [4.69, 9.17) is 14.0 Å². The SMILES string of the molecule is O=C(c1cc(-c2ccc3c(c2)OCO3)on1)N1CC(Nc2ccccc2)C1. The molecule has 1 aromatic heterocycles. The lowest BCUT2D eigenvalue weighted by molar-refractivity contribution is 0.0614. The molecule has 0 radical (unpaired) electrons. The van der Waals surface area contributed by atoms with E-state index < -0.39 is 0 Å². The molecule has 1 amide bonds.